The number of aryl methyl sites for hydroxylation is 1. The minimum Gasteiger partial charge on any atom is -0.465 e. The van der Waals surface area contributed by atoms with Crippen molar-refractivity contribution >= 4 is 32.8 Å². The third-order valence-electron chi connectivity index (χ3n) is 6.21. The summed E-state index contributed by atoms with van der Waals surface area (Å²) in [6, 6.07) is 25.1. The van der Waals surface area contributed by atoms with Gasteiger partial charge >= 0.3 is 5.97 Å². The molecule has 4 rings (SSSR count). The van der Waals surface area contributed by atoms with Crippen molar-refractivity contribution in [2.24, 2.45) is 0 Å². The molecule has 0 aliphatic carbocycles. The zero-order valence-electron chi connectivity index (χ0n) is 19.2. The molecule has 0 aliphatic rings. The van der Waals surface area contributed by atoms with E-state index < -0.39 is 0 Å². The fraction of sp³-hybridized carbons (Fsp3) is 0.241. The largest absolute Gasteiger partial charge is 0.465 e. The molecule has 0 aliphatic heterocycles. The van der Waals surface area contributed by atoms with Crippen molar-refractivity contribution in [3.63, 3.8) is 0 Å². The Morgan fingerprint density at radius 3 is 2.30 bits per heavy atom. The minimum absolute atomic E-state index is 0.139. The second-order valence-corrected chi connectivity index (χ2v) is 9.42. The van der Waals surface area contributed by atoms with Crippen LogP contribution < -0.4 is 0 Å². The van der Waals surface area contributed by atoms with Gasteiger partial charge in [-0.05, 0) is 77.9 Å². The van der Waals surface area contributed by atoms with Gasteiger partial charge < -0.3 is 4.74 Å². The fourth-order valence-corrected chi connectivity index (χ4v) is 4.83. The van der Waals surface area contributed by atoms with Crippen LogP contribution in [0.1, 0.15) is 64.2 Å². The number of halogens is 1. The fourth-order valence-electron chi connectivity index (χ4n) is 4.57. The maximum atomic E-state index is 11.9. The van der Waals surface area contributed by atoms with Gasteiger partial charge in [0, 0.05) is 22.0 Å². The first-order valence-electron chi connectivity index (χ1n) is 11.3. The third kappa shape index (κ3) is 5.17. The highest BCUT2D eigenvalue weighted by Crippen LogP contribution is 2.42. The molecular weight excluding hydrogens is 474 g/mol. The average molecular weight is 502 g/mol. The van der Waals surface area contributed by atoms with Crippen LogP contribution in [0.4, 0.5) is 0 Å². The molecule has 4 aromatic rings. The van der Waals surface area contributed by atoms with Crippen LogP contribution in [0.3, 0.4) is 0 Å². The molecule has 2 atom stereocenters. The molecule has 0 N–H and O–H groups in total. The maximum absolute atomic E-state index is 11.9. The molecule has 0 spiro atoms. The highest BCUT2D eigenvalue weighted by atomic mass is 79.9. The van der Waals surface area contributed by atoms with Gasteiger partial charge in [-0.1, -0.05) is 65.7 Å². The number of aromatic nitrogens is 1. The highest BCUT2D eigenvalue weighted by molar-refractivity contribution is 9.10. The Bertz CT molecular complexity index is 1250. The molecule has 3 nitrogen and oxygen atoms in total. The normalized spacial score (nSPS) is 13.0. The molecule has 168 valence electrons. The number of carbonyl (C=O) groups excluding carboxylic acids is 1. The van der Waals surface area contributed by atoms with E-state index in [-0.39, 0.29) is 17.8 Å². The lowest BCUT2D eigenvalue weighted by Gasteiger charge is -2.29. The first kappa shape index (κ1) is 23.2. The Labute approximate surface area is 204 Å². The summed E-state index contributed by atoms with van der Waals surface area (Å²) in [6.07, 6.45) is 4.10. The maximum Gasteiger partial charge on any atom is 0.337 e. The van der Waals surface area contributed by atoms with Gasteiger partial charge in [-0.2, -0.15) is 0 Å². The number of nitrogens with zero attached hydrogens (tertiary/aromatic N) is 1. The van der Waals surface area contributed by atoms with E-state index in [4.69, 9.17) is 9.72 Å². The van der Waals surface area contributed by atoms with Crippen LogP contribution in [0.2, 0.25) is 0 Å². The second kappa shape index (κ2) is 10.3. The summed E-state index contributed by atoms with van der Waals surface area (Å²) < 4.78 is 5.94. The molecule has 1 unspecified atom stereocenters. The van der Waals surface area contributed by atoms with Gasteiger partial charge in [0.05, 0.1) is 18.2 Å². The summed E-state index contributed by atoms with van der Waals surface area (Å²) >= 11 is 3.57. The molecule has 1 heterocycles. The molecule has 0 amide bonds. The van der Waals surface area contributed by atoms with Gasteiger partial charge in [-0.3, -0.25) is 4.98 Å². The minimum atomic E-state index is -0.313. The number of carbonyl (C=O) groups is 1. The summed E-state index contributed by atoms with van der Waals surface area (Å²) in [4.78, 5) is 16.8. The highest BCUT2D eigenvalue weighted by Gasteiger charge is 2.27. The molecule has 0 saturated heterocycles. The summed E-state index contributed by atoms with van der Waals surface area (Å²) in [5.74, 6) is 0.0693. The van der Waals surface area contributed by atoms with Crippen LogP contribution in [-0.4, -0.2) is 18.1 Å². The number of methoxy groups -OCH3 is 1. The van der Waals surface area contributed by atoms with Gasteiger partial charge in [-0.25, -0.2) is 4.79 Å². The van der Waals surface area contributed by atoms with Crippen molar-refractivity contribution < 1.29 is 9.53 Å². The van der Waals surface area contributed by atoms with E-state index in [1.54, 1.807) is 0 Å². The lowest BCUT2D eigenvalue weighted by molar-refractivity contribution is 0.0600. The van der Waals surface area contributed by atoms with Gasteiger partial charge in [0.2, 0.25) is 0 Å². The van der Waals surface area contributed by atoms with Crippen molar-refractivity contribution in [2.45, 2.75) is 38.5 Å². The third-order valence-corrected chi connectivity index (χ3v) is 6.74. The smallest absolute Gasteiger partial charge is 0.337 e. The van der Waals surface area contributed by atoms with Gasteiger partial charge in [0.25, 0.3) is 0 Å². The number of pyridine rings is 1. The second-order valence-electron chi connectivity index (χ2n) is 8.50. The SMILES string of the molecule is CCC[C@H](c1ccc(C(=O)OC)cc1)C(c1ccc(Br)cc1)c1cnc2cc(C)ccc2c1. The Morgan fingerprint density at radius 1 is 0.939 bits per heavy atom. The number of hydrogen-bond acceptors (Lipinski definition) is 3. The molecule has 0 fully saturated rings. The van der Waals surface area contributed by atoms with Crippen LogP contribution in [0, 0.1) is 6.92 Å². The van der Waals surface area contributed by atoms with Gasteiger partial charge in [-0.15, -0.1) is 0 Å². The van der Waals surface area contributed by atoms with Crippen LogP contribution >= 0.6 is 15.9 Å². The summed E-state index contributed by atoms with van der Waals surface area (Å²) in [6.45, 7) is 4.31. The van der Waals surface area contributed by atoms with E-state index in [1.165, 1.54) is 29.4 Å². The molecule has 4 heteroatoms. The first-order valence-corrected chi connectivity index (χ1v) is 12.1. The van der Waals surface area contributed by atoms with E-state index >= 15 is 0 Å². The standard InChI is InChI=1S/C29H28BrNO2/c1-4-5-26(20-8-10-22(11-9-20)29(32)33-3)28(21-12-14-25(30)15-13-21)24-17-23-7-6-19(2)16-27(23)31-18-24/h6-18,26,28H,4-5H2,1-3H3/t26-,28?/m1/s1. The van der Waals surface area contributed by atoms with E-state index in [0.29, 0.717) is 5.56 Å². The van der Waals surface area contributed by atoms with Crippen LogP contribution in [0.25, 0.3) is 10.9 Å². The van der Waals surface area contributed by atoms with E-state index in [1.807, 2.05) is 18.3 Å². The molecule has 33 heavy (non-hydrogen) atoms. The lowest BCUT2D eigenvalue weighted by Crippen LogP contribution is -2.14. The molecule has 0 radical (unpaired) electrons. The van der Waals surface area contributed by atoms with Crippen molar-refractivity contribution in [2.75, 3.05) is 7.11 Å². The molecular formula is C29H28BrNO2. The van der Waals surface area contributed by atoms with E-state index in [2.05, 4.69) is 90.4 Å². The number of benzene rings is 3. The Kier molecular flexibility index (Phi) is 7.24. The van der Waals surface area contributed by atoms with Crippen molar-refractivity contribution in [1.29, 1.82) is 0 Å². The number of fused-ring (bicyclic) bond motifs is 1. The first-order chi connectivity index (χ1) is 16.0. The van der Waals surface area contributed by atoms with Crippen molar-refractivity contribution in [3.05, 3.63) is 111 Å². The monoisotopic (exact) mass is 501 g/mol. The van der Waals surface area contributed by atoms with E-state index in [0.717, 1.165) is 28.2 Å². The predicted octanol–water partition coefficient (Wildman–Crippen LogP) is 7.81. The summed E-state index contributed by atoms with van der Waals surface area (Å²) in [5, 5.41) is 1.15. The molecule has 0 saturated carbocycles. The Hall–Kier alpha value is -2.98. The van der Waals surface area contributed by atoms with Gasteiger partial charge in [0.1, 0.15) is 0 Å². The number of ether oxygens (including phenoxy) is 1. The topological polar surface area (TPSA) is 39.2 Å². The van der Waals surface area contributed by atoms with Crippen LogP contribution in [0.15, 0.2) is 83.5 Å². The van der Waals surface area contributed by atoms with E-state index in [9.17, 15) is 4.79 Å². The lowest BCUT2D eigenvalue weighted by atomic mass is 9.75. The van der Waals surface area contributed by atoms with Crippen molar-refractivity contribution in [3.8, 4) is 0 Å². The predicted molar refractivity (Wildman–Crippen MR) is 138 cm³/mol. The Morgan fingerprint density at radius 2 is 1.64 bits per heavy atom. The molecule has 3 aromatic carbocycles. The zero-order chi connectivity index (χ0) is 23.4. The average Bonchev–Trinajstić information content (AvgIpc) is 2.84. The quantitative estimate of drug-likeness (QED) is 0.242. The number of hydrogen-bond donors (Lipinski definition) is 0. The Balaban J connectivity index is 1.84. The molecule has 0 bridgehead atoms. The summed E-state index contributed by atoms with van der Waals surface area (Å²) in [7, 11) is 1.41. The van der Waals surface area contributed by atoms with Crippen LogP contribution in [-0.2, 0) is 4.74 Å². The van der Waals surface area contributed by atoms with Gasteiger partial charge in [0.15, 0.2) is 0 Å². The van der Waals surface area contributed by atoms with Crippen LogP contribution in [0.5, 0.6) is 0 Å². The zero-order valence-corrected chi connectivity index (χ0v) is 20.8. The number of esters is 1. The summed E-state index contributed by atoms with van der Waals surface area (Å²) in [5.41, 5.74) is 6.46. The van der Waals surface area contributed by atoms with Crippen molar-refractivity contribution in [1.82, 2.24) is 4.98 Å². The molecule has 1 aromatic heterocycles. The number of rotatable bonds is 7.